The minimum absolute atomic E-state index is 0.155. The Kier molecular flexibility index (Phi) is 4.87. The average molecular weight is 387 g/mol. The minimum Gasteiger partial charge on any atom is -0.457 e. The molecule has 0 radical (unpaired) electrons. The van der Waals surface area contributed by atoms with Gasteiger partial charge in [-0.05, 0) is 42.3 Å². The number of fused-ring (bicyclic) bond motifs is 1. The van der Waals surface area contributed by atoms with Crippen molar-refractivity contribution in [3.05, 3.63) is 72.1 Å². The topological polar surface area (TPSA) is 95.1 Å². The van der Waals surface area contributed by atoms with E-state index in [1.54, 1.807) is 6.07 Å². The van der Waals surface area contributed by atoms with Crippen molar-refractivity contribution >= 4 is 28.6 Å². The molecule has 29 heavy (non-hydrogen) atoms. The smallest absolute Gasteiger partial charge is 0.267 e. The third-order valence-corrected chi connectivity index (χ3v) is 4.69. The molecular weight excluding hydrogens is 366 g/mol. The number of carbonyl (C=O) groups is 1. The predicted octanol–water partition coefficient (Wildman–Crippen LogP) is 4.17. The maximum absolute atomic E-state index is 11.3. The Hall–Kier alpha value is -3.87. The van der Waals surface area contributed by atoms with Crippen LogP contribution in [0.25, 0.3) is 11.0 Å². The van der Waals surface area contributed by atoms with Crippen LogP contribution in [-0.2, 0) is 13.5 Å². The molecule has 2 aromatic heterocycles. The van der Waals surface area contributed by atoms with Crippen LogP contribution in [0.3, 0.4) is 0 Å². The highest BCUT2D eigenvalue weighted by Crippen LogP contribution is 2.28. The average Bonchev–Trinajstić information content (AvgIpc) is 3.03. The summed E-state index contributed by atoms with van der Waals surface area (Å²) in [6.45, 7) is 2.13. The number of pyridine rings is 1. The second-order valence-corrected chi connectivity index (χ2v) is 6.66. The first-order valence-corrected chi connectivity index (χ1v) is 9.29. The Bertz CT molecular complexity index is 1180. The number of benzene rings is 2. The normalized spacial score (nSPS) is 10.8. The van der Waals surface area contributed by atoms with Crippen molar-refractivity contribution in [3.8, 4) is 11.5 Å². The Labute approximate surface area is 168 Å². The number of anilines is 2. The monoisotopic (exact) mass is 387 g/mol. The molecule has 0 saturated carbocycles. The standard InChI is InChI=1S/C22H21N5O2/c1-3-14-4-6-15(7-5-14)25-22-26-18-12-16(8-9-20(18)27(22)2)29-17-10-11-24-19(13-17)21(23)28/h4-13H,3H2,1-2H3,(H2,23,28)(H,25,26). The molecule has 146 valence electrons. The van der Waals surface area contributed by atoms with Crippen LogP contribution in [0, 0.1) is 0 Å². The van der Waals surface area contributed by atoms with Crippen molar-refractivity contribution in [1.29, 1.82) is 0 Å². The number of nitrogens with two attached hydrogens (primary N) is 1. The van der Waals surface area contributed by atoms with Crippen LogP contribution in [0.15, 0.2) is 60.8 Å². The van der Waals surface area contributed by atoms with E-state index in [2.05, 4.69) is 34.3 Å². The largest absolute Gasteiger partial charge is 0.457 e. The quantitative estimate of drug-likeness (QED) is 0.518. The van der Waals surface area contributed by atoms with Crippen molar-refractivity contribution in [2.24, 2.45) is 12.8 Å². The van der Waals surface area contributed by atoms with E-state index < -0.39 is 5.91 Å². The van der Waals surface area contributed by atoms with E-state index in [9.17, 15) is 4.79 Å². The van der Waals surface area contributed by atoms with E-state index in [0.717, 1.165) is 29.1 Å². The molecule has 0 fully saturated rings. The highest BCUT2D eigenvalue weighted by atomic mass is 16.5. The minimum atomic E-state index is -0.599. The summed E-state index contributed by atoms with van der Waals surface area (Å²) in [5.41, 5.74) is 9.46. The Balaban J connectivity index is 1.59. The van der Waals surface area contributed by atoms with E-state index >= 15 is 0 Å². The van der Waals surface area contributed by atoms with Gasteiger partial charge < -0.3 is 20.4 Å². The lowest BCUT2D eigenvalue weighted by atomic mass is 10.1. The molecule has 0 atom stereocenters. The number of rotatable bonds is 6. The molecule has 7 heteroatoms. The Morgan fingerprint density at radius 3 is 2.59 bits per heavy atom. The molecule has 0 spiro atoms. The number of aromatic nitrogens is 3. The third kappa shape index (κ3) is 3.89. The van der Waals surface area contributed by atoms with Gasteiger partial charge in [0.05, 0.1) is 11.0 Å². The van der Waals surface area contributed by atoms with Crippen LogP contribution >= 0.6 is 0 Å². The summed E-state index contributed by atoms with van der Waals surface area (Å²) in [5.74, 6) is 1.23. The second-order valence-electron chi connectivity index (χ2n) is 6.66. The van der Waals surface area contributed by atoms with Crippen molar-refractivity contribution in [2.75, 3.05) is 5.32 Å². The van der Waals surface area contributed by atoms with Gasteiger partial charge in [0, 0.05) is 31.1 Å². The van der Waals surface area contributed by atoms with Crippen LogP contribution in [0.2, 0.25) is 0 Å². The van der Waals surface area contributed by atoms with Crippen LogP contribution in [0.1, 0.15) is 23.0 Å². The highest BCUT2D eigenvalue weighted by molar-refractivity contribution is 5.91. The van der Waals surface area contributed by atoms with Gasteiger partial charge in [0.1, 0.15) is 17.2 Å². The summed E-state index contributed by atoms with van der Waals surface area (Å²) >= 11 is 0. The zero-order valence-electron chi connectivity index (χ0n) is 16.2. The van der Waals surface area contributed by atoms with Gasteiger partial charge >= 0.3 is 0 Å². The summed E-state index contributed by atoms with van der Waals surface area (Å²) < 4.78 is 7.84. The predicted molar refractivity (Wildman–Crippen MR) is 113 cm³/mol. The number of nitrogens with one attached hydrogen (secondary N) is 1. The molecule has 0 aliphatic rings. The van der Waals surface area contributed by atoms with Gasteiger partial charge in [0.15, 0.2) is 0 Å². The zero-order chi connectivity index (χ0) is 20.4. The van der Waals surface area contributed by atoms with Gasteiger partial charge in [-0.2, -0.15) is 0 Å². The fraction of sp³-hybridized carbons (Fsp3) is 0.136. The lowest BCUT2D eigenvalue weighted by Gasteiger charge is -2.07. The number of ether oxygens (including phenoxy) is 1. The number of hydrogen-bond acceptors (Lipinski definition) is 5. The lowest BCUT2D eigenvalue weighted by molar-refractivity contribution is 0.0995. The van der Waals surface area contributed by atoms with Crippen LogP contribution in [-0.4, -0.2) is 20.4 Å². The molecule has 0 unspecified atom stereocenters. The summed E-state index contributed by atoms with van der Waals surface area (Å²) in [6.07, 6.45) is 2.49. The van der Waals surface area contributed by atoms with Crippen molar-refractivity contribution in [3.63, 3.8) is 0 Å². The van der Waals surface area contributed by atoms with E-state index in [4.69, 9.17) is 10.5 Å². The van der Waals surface area contributed by atoms with Gasteiger partial charge in [-0.15, -0.1) is 0 Å². The fourth-order valence-corrected chi connectivity index (χ4v) is 3.05. The molecule has 3 N–H and O–H groups in total. The summed E-state index contributed by atoms with van der Waals surface area (Å²) in [6, 6.07) is 17.1. The molecule has 0 saturated heterocycles. The zero-order valence-corrected chi connectivity index (χ0v) is 16.2. The molecule has 7 nitrogen and oxygen atoms in total. The number of aryl methyl sites for hydroxylation is 2. The van der Waals surface area contributed by atoms with Crippen molar-refractivity contribution in [2.45, 2.75) is 13.3 Å². The second kappa shape index (κ2) is 7.63. The first-order valence-electron chi connectivity index (χ1n) is 9.29. The highest BCUT2D eigenvalue weighted by Gasteiger charge is 2.10. The molecular formula is C22H21N5O2. The third-order valence-electron chi connectivity index (χ3n) is 4.69. The van der Waals surface area contributed by atoms with Crippen molar-refractivity contribution in [1.82, 2.24) is 14.5 Å². The van der Waals surface area contributed by atoms with E-state index in [1.165, 1.54) is 17.8 Å². The first kappa shape index (κ1) is 18.5. The van der Waals surface area contributed by atoms with Crippen molar-refractivity contribution < 1.29 is 9.53 Å². The van der Waals surface area contributed by atoms with Gasteiger partial charge in [-0.3, -0.25) is 9.78 Å². The number of amides is 1. The van der Waals surface area contributed by atoms with Gasteiger partial charge in [0.25, 0.3) is 5.91 Å². The molecule has 0 aliphatic heterocycles. The number of imidazole rings is 1. The fourth-order valence-electron chi connectivity index (χ4n) is 3.05. The Morgan fingerprint density at radius 2 is 1.86 bits per heavy atom. The SMILES string of the molecule is CCc1ccc(Nc2nc3cc(Oc4ccnc(C(N)=O)c4)ccc3n2C)cc1. The Morgan fingerprint density at radius 1 is 1.10 bits per heavy atom. The van der Waals surface area contributed by atoms with Gasteiger partial charge in [-0.1, -0.05) is 19.1 Å². The van der Waals surface area contributed by atoms with Crippen LogP contribution in [0.4, 0.5) is 11.6 Å². The number of hydrogen-bond donors (Lipinski definition) is 2. The molecule has 4 rings (SSSR count). The number of nitrogens with zero attached hydrogens (tertiary/aromatic N) is 3. The van der Waals surface area contributed by atoms with Crippen LogP contribution < -0.4 is 15.8 Å². The van der Waals surface area contributed by atoms with Gasteiger partial charge in [0.2, 0.25) is 5.95 Å². The van der Waals surface area contributed by atoms with Gasteiger partial charge in [-0.25, -0.2) is 4.98 Å². The molecule has 2 heterocycles. The van der Waals surface area contributed by atoms with E-state index in [1.807, 2.05) is 41.9 Å². The molecule has 2 aromatic carbocycles. The van der Waals surface area contributed by atoms with E-state index in [0.29, 0.717) is 11.5 Å². The maximum atomic E-state index is 11.3. The summed E-state index contributed by atoms with van der Waals surface area (Å²) in [4.78, 5) is 19.9. The first-order chi connectivity index (χ1) is 14.0. The molecule has 0 aliphatic carbocycles. The van der Waals surface area contributed by atoms with Crippen LogP contribution in [0.5, 0.6) is 11.5 Å². The molecule has 0 bridgehead atoms. The molecule has 1 amide bonds. The van der Waals surface area contributed by atoms with E-state index in [-0.39, 0.29) is 5.69 Å². The molecule has 4 aromatic rings. The number of carbonyl (C=O) groups excluding carboxylic acids is 1. The maximum Gasteiger partial charge on any atom is 0.267 e. The summed E-state index contributed by atoms with van der Waals surface area (Å²) in [7, 11) is 1.96. The lowest BCUT2D eigenvalue weighted by Crippen LogP contribution is -2.12. The summed E-state index contributed by atoms with van der Waals surface area (Å²) in [5, 5.41) is 3.35. The number of primary amides is 1.